The maximum absolute atomic E-state index is 12.6. The van der Waals surface area contributed by atoms with Crippen molar-refractivity contribution in [3.63, 3.8) is 0 Å². The van der Waals surface area contributed by atoms with E-state index in [0.29, 0.717) is 34.0 Å². The van der Waals surface area contributed by atoms with Crippen molar-refractivity contribution in [1.29, 1.82) is 0 Å². The number of benzene rings is 3. The second-order valence-electron chi connectivity index (χ2n) is 6.59. The first-order valence-electron chi connectivity index (χ1n) is 9.06. The number of oxazole rings is 1. The smallest absolute Gasteiger partial charge is 0.273 e. The molecule has 0 atom stereocenters. The van der Waals surface area contributed by atoms with Crippen LogP contribution >= 0.6 is 0 Å². The van der Waals surface area contributed by atoms with Crippen LogP contribution in [0.3, 0.4) is 0 Å². The van der Waals surface area contributed by atoms with Gasteiger partial charge in [-0.3, -0.25) is 14.9 Å². The molecule has 0 saturated carbocycles. The number of hydrogen-bond donors (Lipinski definition) is 1. The summed E-state index contributed by atoms with van der Waals surface area (Å²) in [5.74, 6) is 0.723. The summed E-state index contributed by atoms with van der Waals surface area (Å²) in [6, 6.07) is 16.8. The lowest BCUT2D eigenvalue weighted by Gasteiger charge is -2.08. The summed E-state index contributed by atoms with van der Waals surface area (Å²) in [5.41, 5.74) is 3.10. The first kappa shape index (κ1) is 19.1. The zero-order valence-electron chi connectivity index (χ0n) is 16.2. The Labute approximate surface area is 171 Å². The van der Waals surface area contributed by atoms with Gasteiger partial charge in [-0.05, 0) is 49.4 Å². The van der Waals surface area contributed by atoms with E-state index in [1.807, 2.05) is 0 Å². The van der Waals surface area contributed by atoms with E-state index >= 15 is 0 Å². The van der Waals surface area contributed by atoms with Gasteiger partial charge in [0.2, 0.25) is 5.89 Å². The third-order valence-corrected chi connectivity index (χ3v) is 4.73. The number of fused-ring (bicyclic) bond motifs is 1. The summed E-state index contributed by atoms with van der Waals surface area (Å²) in [5, 5.41) is 13.8. The normalized spacial score (nSPS) is 10.7. The number of anilines is 1. The molecule has 0 aliphatic rings. The largest absolute Gasteiger partial charge is 0.497 e. The van der Waals surface area contributed by atoms with Gasteiger partial charge in [0.25, 0.3) is 11.6 Å². The van der Waals surface area contributed by atoms with Crippen molar-refractivity contribution in [2.45, 2.75) is 6.92 Å². The third kappa shape index (κ3) is 3.58. The van der Waals surface area contributed by atoms with E-state index in [1.54, 1.807) is 62.6 Å². The predicted octanol–water partition coefficient (Wildman–Crippen LogP) is 4.97. The zero-order chi connectivity index (χ0) is 21.3. The summed E-state index contributed by atoms with van der Waals surface area (Å²) in [6.45, 7) is 1.55. The van der Waals surface area contributed by atoms with E-state index < -0.39 is 10.8 Å². The van der Waals surface area contributed by atoms with Gasteiger partial charge >= 0.3 is 0 Å². The van der Waals surface area contributed by atoms with Gasteiger partial charge in [-0.1, -0.05) is 6.07 Å². The Kier molecular flexibility index (Phi) is 4.89. The van der Waals surface area contributed by atoms with E-state index in [4.69, 9.17) is 9.15 Å². The second-order valence-corrected chi connectivity index (χ2v) is 6.59. The lowest BCUT2D eigenvalue weighted by molar-refractivity contribution is -0.385. The maximum atomic E-state index is 12.6. The summed E-state index contributed by atoms with van der Waals surface area (Å²) < 4.78 is 11.0. The van der Waals surface area contributed by atoms with Crippen LogP contribution in [0, 0.1) is 17.0 Å². The Morgan fingerprint density at radius 2 is 1.90 bits per heavy atom. The summed E-state index contributed by atoms with van der Waals surface area (Å²) in [4.78, 5) is 27.6. The van der Waals surface area contributed by atoms with Crippen LogP contribution in [-0.2, 0) is 0 Å². The molecule has 150 valence electrons. The summed E-state index contributed by atoms with van der Waals surface area (Å²) in [6.07, 6.45) is 0. The fraction of sp³-hybridized carbons (Fsp3) is 0.0909. The van der Waals surface area contributed by atoms with Gasteiger partial charge in [-0.15, -0.1) is 0 Å². The Morgan fingerprint density at radius 1 is 1.13 bits per heavy atom. The quantitative estimate of drug-likeness (QED) is 0.372. The number of carbonyl (C=O) groups excluding carboxylic acids is 1. The van der Waals surface area contributed by atoms with E-state index in [0.717, 1.165) is 5.56 Å². The second kappa shape index (κ2) is 7.67. The van der Waals surface area contributed by atoms with E-state index in [1.165, 1.54) is 12.1 Å². The molecular weight excluding hydrogens is 386 g/mol. The van der Waals surface area contributed by atoms with Crippen molar-refractivity contribution in [3.05, 3.63) is 81.9 Å². The minimum atomic E-state index is -0.503. The number of hydrogen-bond acceptors (Lipinski definition) is 6. The predicted molar refractivity (Wildman–Crippen MR) is 112 cm³/mol. The molecule has 1 heterocycles. The average molecular weight is 403 g/mol. The molecule has 0 saturated heterocycles. The number of nitro benzene ring substituents is 1. The number of carbonyl (C=O) groups is 1. The number of nitrogens with one attached hydrogen (secondary N) is 1. The molecule has 1 aromatic heterocycles. The van der Waals surface area contributed by atoms with Gasteiger partial charge < -0.3 is 14.5 Å². The highest BCUT2D eigenvalue weighted by Gasteiger charge is 2.18. The van der Waals surface area contributed by atoms with Crippen LogP contribution in [0.2, 0.25) is 0 Å². The van der Waals surface area contributed by atoms with Gasteiger partial charge in [-0.2, -0.15) is 0 Å². The Bertz CT molecular complexity index is 1260. The topological polar surface area (TPSA) is 108 Å². The fourth-order valence-electron chi connectivity index (χ4n) is 3.12. The SMILES string of the molecule is COc1ccc2oc(-c3ccc(NC(=O)c4cccc([N+](=O)[O-])c4C)cc3)nc2c1. The van der Waals surface area contributed by atoms with Crippen molar-refractivity contribution in [2.75, 3.05) is 12.4 Å². The minimum Gasteiger partial charge on any atom is -0.497 e. The number of rotatable bonds is 5. The molecule has 0 fully saturated rings. The molecule has 0 spiro atoms. The van der Waals surface area contributed by atoms with Gasteiger partial charge in [0.15, 0.2) is 5.58 Å². The van der Waals surface area contributed by atoms with E-state index in [2.05, 4.69) is 10.3 Å². The lowest BCUT2D eigenvalue weighted by atomic mass is 10.1. The molecule has 0 aliphatic heterocycles. The monoisotopic (exact) mass is 403 g/mol. The van der Waals surface area contributed by atoms with Crippen molar-refractivity contribution in [1.82, 2.24) is 4.98 Å². The molecule has 1 N–H and O–H groups in total. The molecule has 0 bridgehead atoms. The first-order chi connectivity index (χ1) is 14.5. The number of amides is 1. The lowest BCUT2D eigenvalue weighted by Crippen LogP contribution is -2.14. The van der Waals surface area contributed by atoms with Crippen molar-refractivity contribution in [2.24, 2.45) is 0 Å². The number of aromatic nitrogens is 1. The van der Waals surface area contributed by atoms with Crippen LogP contribution in [0.15, 0.2) is 65.1 Å². The van der Waals surface area contributed by atoms with Gasteiger partial charge in [0.1, 0.15) is 11.3 Å². The highest BCUT2D eigenvalue weighted by atomic mass is 16.6. The average Bonchev–Trinajstić information content (AvgIpc) is 3.17. The number of nitro groups is 1. The molecule has 0 aliphatic carbocycles. The zero-order valence-corrected chi connectivity index (χ0v) is 16.2. The molecule has 8 heteroatoms. The summed E-state index contributed by atoms with van der Waals surface area (Å²) >= 11 is 0. The highest BCUT2D eigenvalue weighted by Crippen LogP contribution is 2.28. The van der Waals surface area contributed by atoms with Crippen LogP contribution in [0.1, 0.15) is 15.9 Å². The molecule has 4 rings (SSSR count). The van der Waals surface area contributed by atoms with Crippen LogP contribution in [-0.4, -0.2) is 22.9 Å². The van der Waals surface area contributed by atoms with Crippen LogP contribution in [0.5, 0.6) is 5.75 Å². The standard InChI is InChI=1S/C22H17N3O5/c1-13-17(4-3-5-19(13)25(27)28)21(26)23-15-8-6-14(7-9-15)22-24-18-12-16(29-2)10-11-20(18)30-22/h3-12H,1-2H3,(H,23,26). The van der Waals surface area contributed by atoms with Gasteiger partial charge in [0.05, 0.1) is 12.0 Å². The van der Waals surface area contributed by atoms with Crippen LogP contribution < -0.4 is 10.1 Å². The highest BCUT2D eigenvalue weighted by molar-refractivity contribution is 6.05. The van der Waals surface area contributed by atoms with Crippen molar-refractivity contribution < 1.29 is 18.9 Å². The van der Waals surface area contributed by atoms with Crippen LogP contribution in [0.4, 0.5) is 11.4 Å². The van der Waals surface area contributed by atoms with E-state index in [9.17, 15) is 14.9 Å². The van der Waals surface area contributed by atoms with E-state index in [-0.39, 0.29) is 11.3 Å². The summed E-state index contributed by atoms with van der Waals surface area (Å²) in [7, 11) is 1.59. The van der Waals surface area contributed by atoms with Gasteiger partial charge in [0, 0.05) is 34.5 Å². The Balaban J connectivity index is 1.55. The molecule has 0 radical (unpaired) electrons. The fourth-order valence-corrected chi connectivity index (χ4v) is 3.12. The van der Waals surface area contributed by atoms with Crippen molar-refractivity contribution in [3.8, 4) is 17.2 Å². The first-order valence-corrected chi connectivity index (χ1v) is 9.06. The molecule has 30 heavy (non-hydrogen) atoms. The number of nitrogens with zero attached hydrogens (tertiary/aromatic N) is 2. The van der Waals surface area contributed by atoms with Crippen molar-refractivity contribution >= 4 is 28.4 Å². The minimum absolute atomic E-state index is 0.0920. The molecule has 0 unspecified atom stereocenters. The maximum Gasteiger partial charge on any atom is 0.273 e. The molecule has 8 nitrogen and oxygen atoms in total. The number of methoxy groups -OCH3 is 1. The molecule has 4 aromatic rings. The van der Waals surface area contributed by atoms with Gasteiger partial charge in [-0.25, -0.2) is 4.98 Å². The Morgan fingerprint density at radius 3 is 2.60 bits per heavy atom. The van der Waals surface area contributed by atoms with Crippen LogP contribution in [0.25, 0.3) is 22.6 Å². The molecule has 3 aromatic carbocycles. The number of ether oxygens (including phenoxy) is 1. The third-order valence-electron chi connectivity index (χ3n) is 4.73. The molecule has 1 amide bonds. The molecular formula is C22H17N3O5. The Hall–Kier alpha value is -4.20.